The molecule has 0 atom stereocenters. The van der Waals surface area contributed by atoms with Crippen molar-refractivity contribution >= 4 is 66.8 Å². The molecule has 6 nitrogen and oxygen atoms in total. The van der Waals surface area contributed by atoms with Crippen molar-refractivity contribution in [2.45, 2.75) is 24.8 Å². The van der Waals surface area contributed by atoms with E-state index >= 15 is 0 Å². The van der Waals surface area contributed by atoms with E-state index in [4.69, 9.17) is 16.3 Å². The Hall–Kier alpha value is -1.78. The van der Waals surface area contributed by atoms with Gasteiger partial charge in [0.1, 0.15) is 10.4 Å². The molecule has 0 N–H and O–H groups in total. The van der Waals surface area contributed by atoms with Crippen molar-refractivity contribution in [3.05, 3.63) is 51.5 Å². The fourth-order valence-electron chi connectivity index (χ4n) is 3.56. The van der Waals surface area contributed by atoms with E-state index in [9.17, 15) is 13.0 Å². The fraction of sp³-hybridized carbons (Fsp3) is 0.286. The first-order chi connectivity index (χ1) is 14.8. The molecule has 0 spiro atoms. The number of hydrogen-bond donors (Lipinski definition) is 0. The number of nitrogens with zero attached hydrogens (tertiary/aromatic N) is 2. The summed E-state index contributed by atoms with van der Waals surface area (Å²) in [6.07, 6.45) is 2.36. The molecule has 1 aliphatic heterocycles. The molecule has 1 aliphatic rings. The molecular formula is C21H21ClN2O4S3. The molecule has 0 unspecified atom stereocenters. The standard InChI is InChI=1S/C21H21ClN2O4S3/c1-3-23-17-12-15(28-2)6-8-19(17)29-20(23)13-21-24(9-4-10-31(25,26)27)16-11-14(22)5-7-18(16)30-21/h5-8,11-13H,3-4,9-10H2,1-2H3. The quantitative estimate of drug-likeness (QED) is 0.348. The van der Waals surface area contributed by atoms with Crippen LogP contribution in [0.5, 0.6) is 5.75 Å². The SMILES string of the molecule is CCN1/C(=C/c2sc3ccc(Cl)cc3[n+]2CCCS(=O)(=O)[O-])Sc2ccc(OC)cc21. The van der Waals surface area contributed by atoms with Gasteiger partial charge >= 0.3 is 0 Å². The maximum atomic E-state index is 11.1. The van der Waals surface area contributed by atoms with E-state index in [-0.39, 0.29) is 6.42 Å². The van der Waals surface area contributed by atoms with Gasteiger partial charge in [-0.2, -0.15) is 4.57 Å². The Morgan fingerprint density at radius 1 is 1.26 bits per heavy atom. The summed E-state index contributed by atoms with van der Waals surface area (Å²) in [4.78, 5) is 3.38. The Morgan fingerprint density at radius 3 is 2.77 bits per heavy atom. The van der Waals surface area contributed by atoms with Crippen LogP contribution in [0.1, 0.15) is 18.4 Å². The molecule has 0 radical (unpaired) electrons. The van der Waals surface area contributed by atoms with Crippen molar-refractivity contribution < 1.29 is 22.3 Å². The molecule has 0 saturated carbocycles. The van der Waals surface area contributed by atoms with Gasteiger partial charge < -0.3 is 14.2 Å². The number of methoxy groups -OCH3 is 1. The largest absolute Gasteiger partial charge is 0.748 e. The number of ether oxygens (including phenoxy) is 1. The number of aromatic nitrogens is 1. The highest BCUT2D eigenvalue weighted by molar-refractivity contribution is 8.03. The van der Waals surface area contributed by atoms with Crippen molar-refractivity contribution in [2.24, 2.45) is 0 Å². The highest BCUT2D eigenvalue weighted by atomic mass is 35.5. The maximum absolute atomic E-state index is 11.1. The summed E-state index contributed by atoms with van der Waals surface area (Å²) < 4.78 is 41.7. The highest BCUT2D eigenvalue weighted by Crippen LogP contribution is 2.48. The number of hydrogen-bond acceptors (Lipinski definition) is 7. The normalized spacial score (nSPS) is 15.1. The zero-order chi connectivity index (χ0) is 22.2. The molecule has 0 saturated heterocycles. The van der Waals surface area contributed by atoms with Crippen LogP contribution in [0.25, 0.3) is 16.3 Å². The lowest BCUT2D eigenvalue weighted by Gasteiger charge is -2.18. The predicted molar refractivity (Wildman–Crippen MR) is 126 cm³/mol. The predicted octanol–water partition coefficient (Wildman–Crippen LogP) is 4.72. The lowest BCUT2D eigenvalue weighted by molar-refractivity contribution is -0.668. The van der Waals surface area contributed by atoms with Gasteiger partial charge in [-0.1, -0.05) is 34.7 Å². The summed E-state index contributed by atoms with van der Waals surface area (Å²) in [5.41, 5.74) is 2.03. The van der Waals surface area contributed by atoms with Crippen molar-refractivity contribution in [1.29, 1.82) is 0 Å². The minimum Gasteiger partial charge on any atom is -0.748 e. The van der Waals surface area contributed by atoms with Crippen LogP contribution in [0.15, 0.2) is 46.3 Å². The molecule has 31 heavy (non-hydrogen) atoms. The molecule has 1 aromatic heterocycles. The summed E-state index contributed by atoms with van der Waals surface area (Å²) in [6, 6.07) is 11.7. The Balaban J connectivity index is 1.74. The van der Waals surface area contributed by atoms with Crippen molar-refractivity contribution in [3.8, 4) is 5.75 Å². The summed E-state index contributed by atoms with van der Waals surface area (Å²) in [5.74, 6) is 0.416. The molecule has 10 heteroatoms. The second kappa shape index (κ2) is 8.99. The first kappa shape index (κ1) is 22.4. The molecule has 0 bridgehead atoms. The van der Waals surface area contributed by atoms with E-state index in [0.717, 1.165) is 43.1 Å². The van der Waals surface area contributed by atoms with Gasteiger partial charge in [-0.05, 0) is 31.2 Å². The van der Waals surface area contributed by atoms with Gasteiger partial charge in [0.05, 0.1) is 34.0 Å². The summed E-state index contributed by atoms with van der Waals surface area (Å²) >= 11 is 9.52. The minimum absolute atomic E-state index is 0.243. The second-order valence-corrected chi connectivity index (χ2v) is 11.1. The van der Waals surface area contributed by atoms with E-state index in [0.29, 0.717) is 11.6 Å². The Labute approximate surface area is 194 Å². The molecule has 0 fully saturated rings. The van der Waals surface area contributed by atoms with Crippen LogP contribution >= 0.6 is 34.7 Å². The highest BCUT2D eigenvalue weighted by Gasteiger charge is 2.27. The molecular weight excluding hydrogens is 476 g/mol. The van der Waals surface area contributed by atoms with E-state index in [2.05, 4.69) is 24.0 Å². The lowest BCUT2D eigenvalue weighted by Crippen LogP contribution is -2.36. The van der Waals surface area contributed by atoms with Gasteiger partial charge in [0.15, 0.2) is 6.54 Å². The molecule has 164 valence electrons. The van der Waals surface area contributed by atoms with E-state index < -0.39 is 15.9 Å². The third-order valence-electron chi connectivity index (χ3n) is 4.97. The summed E-state index contributed by atoms with van der Waals surface area (Å²) in [5, 5.41) is 2.66. The van der Waals surface area contributed by atoms with Gasteiger partial charge in [-0.3, -0.25) is 0 Å². The number of aryl methyl sites for hydroxylation is 1. The van der Waals surface area contributed by atoms with Crippen molar-refractivity contribution in [2.75, 3.05) is 24.3 Å². The Kier molecular flexibility index (Phi) is 6.50. The molecule has 3 aromatic rings. The number of thiazole rings is 1. The first-order valence-electron chi connectivity index (χ1n) is 9.69. The van der Waals surface area contributed by atoms with Crippen molar-refractivity contribution in [3.63, 3.8) is 0 Å². The Morgan fingerprint density at radius 2 is 2.06 bits per heavy atom. The van der Waals surface area contributed by atoms with Crippen molar-refractivity contribution in [1.82, 2.24) is 0 Å². The van der Waals surface area contributed by atoms with Crippen LogP contribution < -0.4 is 14.2 Å². The fourth-order valence-corrected chi connectivity index (χ4v) is 6.53. The average molecular weight is 497 g/mol. The van der Waals surface area contributed by atoms with Gasteiger partial charge in [-0.25, -0.2) is 8.42 Å². The van der Waals surface area contributed by atoms with E-state index in [1.807, 2.05) is 34.9 Å². The van der Waals surface area contributed by atoms with Crippen LogP contribution in [0.2, 0.25) is 5.02 Å². The smallest absolute Gasteiger partial charge is 0.265 e. The topological polar surface area (TPSA) is 73.6 Å². The first-order valence-corrected chi connectivity index (χ1v) is 13.3. The van der Waals surface area contributed by atoms with Crippen LogP contribution in [0.4, 0.5) is 5.69 Å². The summed E-state index contributed by atoms with van der Waals surface area (Å²) in [6.45, 7) is 3.31. The zero-order valence-corrected chi connectivity index (χ0v) is 20.2. The third-order valence-corrected chi connectivity index (χ3v) is 8.22. The zero-order valence-electron chi connectivity index (χ0n) is 17.0. The van der Waals surface area contributed by atoms with Gasteiger partial charge in [-0.15, -0.1) is 0 Å². The van der Waals surface area contributed by atoms with Gasteiger partial charge in [0.25, 0.3) is 5.01 Å². The molecule has 2 heterocycles. The Bertz CT molecular complexity index is 1270. The van der Waals surface area contributed by atoms with Crippen LogP contribution in [0.3, 0.4) is 0 Å². The maximum Gasteiger partial charge on any atom is 0.265 e. The molecule has 2 aromatic carbocycles. The number of thioether (sulfide) groups is 1. The monoisotopic (exact) mass is 496 g/mol. The number of fused-ring (bicyclic) bond motifs is 2. The number of anilines is 1. The molecule has 0 aliphatic carbocycles. The van der Waals surface area contributed by atoms with E-state index in [1.165, 1.54) is 0 Å². The molecule has 0 amide bonds. The van der Waals surface area contributed by atoms with Gasteiger partial charge in [0, 0.05) is 40.8 Å². The lowest BCUT2D eigenvalue weighted by atomic mass is 10.2. The van der Waals surface area contributed by atoms with Crippen LogP contribution in [-0.4, -0.2) is 32.4 Å². The third kappa shape index (κ3) is 4.85. The number of halogens is 1. The summed E-state index contributed by atoms with van der Waals surface area (Å²) in [7, 11) is -2.60. The van der Waals surface area contributed by atoms with Crippen LogP contribution in [0, 0.1) is 0 Å². The average Bonchev–Trinajstić information content (AvgIpc) is 3.23. The molecule has 4 rings (SSSR count). The van der Waals surface area contributed by atoms with E-state index in [1.54, 1.807) is 30.2 Å². The van der Waals surface area contributed by atoms with Crippen LogP contribution in [-0.2, 0) is 16.7 Å². The number of rotatable bonds is 7. The van der Waals surface area contributed by atoms with Gasteiger partial charge in [0.2, 0.25) is 5.52 Å². The minimum atomic E-state index is -4.26. The second-order valence-electron chi connectivity index (χ2n) is 6.98. The number of benzene rings is 2.